The molecule has 0 aromatic rings. The Labute approximate surface area is 109 Å². The average molecular weight is 254 g/mol. The van der Waals surface area contributed by atoms with Crippen molar-refractivity contribution in [3.8, 4) is 0 Å². The van der Waals surface area contributed by atoms with Crippen LogP contribution in [0.5, 0.6) is 0 Å². The van der Waals surface area contributed by atoms with Gasteiger partial charge in [0.05, 0.1) is 17.3 Å². The van der Waals surface area contributed by atoms with Gasteiger partial charge in [0.15, 0.2) is 0 Å². The molecule has 0 aromatic heterocycles. The van der Waals surface area contributed by atoms with E-state index < -0.39 is 22.7 Å². The summed E-state index contributed by atoms with van der Waals surface area (Å²) in [6, 6.07) is 0. The summed E-state index contributed by atoms with van der Waals surface area (Å²) < 4.78 is 0. The van der Waals surface area contributed by atoms with Crippen molar-refractivity contribution in [1.29, 1.82) is 0 Å². The van der Waals surface area contributed by atoms with Gasteiger partial charge in [-0.25, -0.2) is 0 Å². The molecule has 4 bridgehead atoms. The number of rotatable bonds is 0. The smallest absolute Gasteiger partial charge is 0.0783 e. The van der Waals surface area contributed by atoms with E-state index >= 15 is 0 Å². The zero-order chi connectivity index (χ0) is 13.6. The summed E-state index contributed by atoms with van der Waals surface area (Å²) in [6.45, 7) is 8.20. The summed E-state index contributed by atoms with van der Waals surface area (Å²) in [4.78, 5) is 0. The minimum absolute atomic E-state index is 0.00271. The molecule has 0 amide bonds. The van der Waals surface area contributed by atoms with Gasteiger partial charge in [-0.15, -0.1) is 0 Å². The monoisotopic (exact) mass is 254 g/mol. The van der Waals surface area contributed by atoms with Crippen molar-refractivity contribution in [3.05, 3.63) is 0 Å². The molecule has 3 N–H and O–H groups in total. The molecule has 0 aliphatic heterocycles. The van der Waals surface area contributed by atoms with E-state index in [1.54, 1.807) is 0 Å². The Bertz CT molecular complexity index is 393. The fraction of sp³-hybridized carbons (Fsp3) is 1.00. The van der Waals surface area contributed by atoms with E-state index in [2.05, 4.69) is 20.8 Å². The van der Waals surface area contributed by atoms with Crippen molar-refractivity contribution < 1.29 is 15.3 Å². The third-order valence-corrected chi connectivity index (χ3v) is 7.23. The van der Waals surface area contributed by atoms with Gasteiger partial charge in [-0.2, -0.15) is 0 Å². The van der Waals surface area contributed by atoms with Gasteiger partial charge in [0.2, 0.25) is 0 Å². The van der Waals surface area contributed by atoms with Crippen LogP contribution >= 0.6 is 0 Å². The molecule has 0 spiro atoms. The SMILES string of the molecule is C[C@H]1CC[C@@]2(O)C(C)(C)[C@H]3C[C@]1(O)[C@@]2(C)C[C@@H]3O. The van der Waals surface area contributed by atoms with Crippen LogP contribution in [0, 0.1) is 22.7 Å². The molecule has 104 valence electrons. The standard InChI is InChI=1S/C15H26O3/c1-9-5-6-15(18)12(2,3)10-7-14(9,17)13(15,4)8-11(10)16/h9-11,16-18H,5-8H2,1-4H3/t9-,10-,11-,13+,14+,15+/m0/s1. The van der Waals surface area contributed by atoms with Crippen LogP contribution < -0.4 is 0 Å². The lowest BCUT2D eigenvalue weighted by Gasteiger charge is -2.75. The lowest BCUT2D eigenvalue weighted by molar-refractivity contribution is -0.366. The maximum atomic E-state index is 11.3. The first kappa shape index (κ1) is 12.9. The molecule has 4 rings (SSSR count). The number of fused-ring (bicyclic) bond motifs is 1. The minimum atomic E-state index is -0.858. The largest absolute Gasteiger partial charge is 0.393 e. The van der Waals surface area contributed by atoms with Crippen molar-refractivity contribution in [2.45, 2.75) is 70.7 Å². The molecule has 0 unspecified atom stereocenters. The third kappa shape index (κ3) is 1.01. The highest BCUT2D eigenvalue weighted by Crippen LogP contribution is 2.72. The van der Waals surface area contributed by atoms with Gasteiger partial charge in [0, 0.05) is 5.41 Å². The van der Waals surface area contributed by atoms with Crippen LogP contribution in [0.4, 0.5) is 0 Å². The Morgan fingerprint density at radius 2 is 1.67 bits per heavy atom. The second kappa shape index (κ2) is 3.13. The van der Waals surface area contributed by atoms with Gasteiger partial charge in [0.1, 0.15) is 0 Å². The van der Waals surface area contributed by atoms with Crippen molar-refractivity contribution in [2.24, 2.45) is 22.7 Å². The van der Waals surface area contributed by atoms with E-state index in [0.29, 0.717) is 12.8 Å². The maximum Gasteiger partial charge on any atom is 0.0783 e. The maximum absolute atomic E-state index is 11.3. The van der Waals surface area contributed by atoms with Gasteiger partial charge in [-0.1, -0.05) is 27.7 Å². The van der Waals surface area contributed by atoms with Crippen LogP contribution in [-0.4, -0.2) is 32.6 Å². The predicted molar refractivity (Wildman–Crippen MR) is 68.9 cm³/mol. The Hall–Kier alpha value is -0.120. The summed E-state index contributed by atoms with van der Waals surface area (Å²) in [5, 5.41) is 32.8. The van der Waals surface area contributed by atoms with E-state index in [4.69, 9.17) is 0 Å². The molecule has 4 saturated carbocycles. The van der Waals surface area contributed by atoms with Gasteiger partial charge < -0.3 is 15.3 Å². The first-order valence-corrected chi connectivity index (χ1v) is 7.23. The van der Waals surface area contributed by atoms with Crippen molar-refractivity contribution >= 4 is 0 Å². The minimum Gasteiger partial charge on any atom is -0.393 e. The van der Waals surface area contributed by atoms with Crippen LogP contribution in [-0.2, 0) is 0 Å². The molecule has 6 atom stereocenters. The van der Waals surface area contributed by atoms with E-state index in [0.717, 1.165) is 12.8 Å². The second-order valence-electron chi connectivity index (χ2n) is 7.86. The van der Waals surface area contributed by atoms with Crippen LogP contribution in [0.15, 0.2) is 0 Å². The summed E-state index contributed by atoms with van der Waals surface area (Å²) >= 11 is 0. The zero-order valence-electron chi connectivity index (χ0n) is 11.9. The summed E-state index contributed by atoms with van der Waals surface area (Å²) in [5.41, 5.74) is -2.59. The molecular formula is C15H26O3. The number of aliphatic hydroxyl groups is 3. The first-order chi connectivity index (χ1) is 8.10. The topological polar surface area (TPSA) is 60.7 Å². The molecule has 3 nitrogen and oxygen atoms in total. The van der Waals surface area contributed by atoms with E-state index in [9.17, 15) is 15.3 Å². The molecule has 3 heteroatoms. The average Bonchev–Trinajstić information content (AvgIpc) is 2.26. The molecule has 0 aromatic carbocycles. The molecule has 18 heavy (non-hydrogen) atoms. The van der Waals surface area contributed by atoms with Crippen molar-refractivity contribution in [2.75, 3.05) is 0 Å². The van der Waals surface area contributed by atoms with Crippen molar-refractivity contribution in [3.63, 3.8) is 0 Å². The van der Waals surface area contributed by atoms with Gasteiger partial charge >= 0.3 is 0 Å². The van der Waals surface area contributed by atoms with Gasteiger partial charge in [-0.05, 0) is 42.9 Å². The summed E-state index contributed by atoms with van der Waals surface area (Å²) in [5.74, 6) is 0.200. The number of aliphatic hydroxyl groups excluding tert-OH is 1. The lowest BCUT2D eigenvalue weighted by atomic mass is 9.33. The van der Waals surface area contributed by atoms with Crippen LogP contribution in [0.3, 0.4) is 0 Å². The van der Waals surface area contributed by atoms with E-state index in [-0.39, 0.29) is 17.3 Å². The molecule has 4 fully saturated rings. The van der Waals surface area contributed by atoms with Crippen LogP contribution in [0.2, 0.25) is 0 Å². The first-order valence-electron chi connectivity index (χ1n) is 7.23. The van der Waals surface area contributed by atoms with E-state index in [1.807, 2.05) is 6.92 Å². The second-order valence-corrected chi connectivity index (χ2v) is 7.86. The fourth-order valence-corrected chi connectivity index (χ4v) is 5.72. The lowest BCUT2D eigenvalue weighted by Crippen LogP contribution is -2.81. The molecule has 4 aliphatic rings. The van der Waals surface area contributed by atoms with Gasteiger partial charge in [0.25, 0.3) is 0 Å². The highest BCUT2D eigenvalue weighted by Gasteiger charge is 2.77. The molecular weight excluding hydrogens is 228 g/mol. The molecule has 0 saturated heterocycles. The number of hydrogen-bond acceptors (Lipinski definition) is 3. The predicted octanol–water partition coefficient (Wildman–Crippen LogP) is 1.70. The van der Waals surface area contributed by atoms with Crippen LogP contribution in [0.25, 0.3) is 0 Å². The molecule has 0 radical (unpaired) electrons. The Morgan fingerprint density at radius 3 is 2.28 bits per heavy atom. The summed E-state index contributed by atoms with van der Waals surface area (Å²) in [6.07, 6.45) is 2.37. The molecule has 4 aliphatic carbocycles. The Morgan fingerprint density at radius 1 is 1.06 bits per heavy atom. The fourth-order valence-electron chi connectivity index (χ4n) is 5.72. The molecule has 0 heterocycles. The van der Waals surface area contributed by atoms with E-state index in [1.165, 1.54) is 0 Å². The number of hydrogen-bond donors (Lipinski definition) is 3. The normalized spacial score (nSPS) is 61.8. The van der Waals surface area contributed by atoms with Crippen molar-refractivity contribution in [1.82, 2.24) is 0 Å². The highest BCUT2D eigenvalue weighted by molar-refractivity contribution is 5.27. The quantitative estimate of drug-likeness (QED) is 0.616. The third-order valence-electron chi connectivity index (χ3n) is 7.23. The van der Waals surface area contributed by atoms with Crippen LogP contribution in [0.1, 0.15) is 53.4 Å². The summed E-state index contributed by atoms with van der Waals surface area (Å²) in [7, 11) is 0. The van der Waals surface area contributed by atoms with Gasteiger partial charge in [-0.3, -0.25) is 0 Å². The Kier molecular flexibility index (Phi) is 2.24. The Balaban J connectivity index is 2.21. The highest BCUT2D eigenvalue weighted by atomic mass is 16.3. The zero-order valence-corrected chi connectivity index (χ0v) is 11.9.